The number of piperazine rings is 1. The zero-order valence-corrected chi connectivity index (χ0v) is 25.5. The molecule has 0 spiro atoms. The number of anilines is 2. The van der Waals surface area contributed by atoms with Crippen molar-refractivity contribution in [3.63, 3.8) is 0 Å². The van der Waals surface area contributed by atoms with Crippen molar-refractivity contribution in [2.24, 2.45) is 0 Å². The Bertz CT molecular complexity index is 1550. The summed E-state index contributed by atoms with van der Waals surface area (Å²) in [5.74, 6) is 0.856. The quantitative estimate of drug-likeness (QED) is 0.377. The number of hydrogen-bond donors (Lipinski definition) is 0. The van der Waals surface area contributed by atoms with Gasteiger partial charge in [0.15, 0.2) is 0 Å². The second kappa shape index (κ2) is 12.6. The van der Waals surface area contributed by atoms with Crippen LogP contribution in [0.5, 0.6) is 6.01 Å². The van der Waals surface area contributed by atoms with E-state index in [4.69, 9.17) is 14.7 Å². The molecule has 2 aromatic carbocycles. The summed E-state index contributed by atoms with van der Waals surface area (Å²) in [5, 5.41) is 12.1. The lowest BCUT2D eigenvalue weighted by Gasteiger charge is -2.42. The predicted molar refractivity (Wildman–Crippen MR) is 169 cm³/mol. The maximum Gasteiger partial charge on any atom is 0.318 e. The van der Waals surface area contributed by atoms with E-state index >= 15 is 0 Å². The first-order valence-electron chi connectivity index (χ1n) is 15.4. The van der Waals surface area contributed by atoms with Crippen molar-refractivity contribution in [2.75, 3.05) is 56.2 Å². The van der Waals surface area contributed by atoms with Crippen LogP contribution in [0.25, 0.3) is 10.8 Å². The van der Waals surface area contributed by atoms with Gasteiger partial charge in [-0.25, -0.2) is 0 Å². The van der Waals surface area contributed by atoms with Gasteiger partial charge in [0.25, 0.3) is 0 Å². The number of likely N-dealkylation sites (N-methyl/N-ethyl adjacent to an activating group) is 1. The first-order chi connectivity index (χ1) is 20.9. The van der Waals surface area contributed by atoms with E-state index in [0.29, 0.717) is 44.8 Å². The lowest BCUT2D eigenvalue weighted by Crippen LogP contribution is -2.55. The van der Waals surface area contributed by atoms with E-state index in [-0.39, 0.29) is 18.4 Å². The van der Waals surface area contributed by atoms with Crippen LogP contribution in [0, 0.1) is 11.3 Å². The number of nitrogens with zero attached hydrogens (tertiary/aromatic N) is 7. The van der Waals surface area contributed by atoms with Crippen molar-refractivity contribution in [2.45, 2.75) is 58.2 Å². The lowest BCUT2D eigenvalue weighted by atomic mass is 10.0. The normalized spacial score (nSPS) is 20.6. The Morgan fingerprint density at radius 2 is 1.88 bits per heavy atom. The smallest absolute Gasteiger partial charge is 0.318 e. The topological polar surface area (TPSA) is 88.8 Å². The van der Waals surface area contributed by atoms with E-state index < -0.39 is 0 Å². The van der Waals surface area contributed by atoms with E-state index in [2.05, 4.69) is 70.3 Å². The zero-order valence-electron chi connectivity index (χ0n) is 25.5. The van der Waals surface area contributed by atoms with Gasteiger partial charge in [0.1, 0.15) is 12.4 Å². The fourth-order valence-corrected chi connectivity index (χ4v) is 6.71. The minimum Gasteiger partial charge on any atom is -0.462 e. The summed E-state index contributed by atoms with van der Waals surface area (Å²) in [5.41, 5.74) is 4.29. The number of likely N-dealkylation sites (tertiary alicyclic amines) is 1. The molecule has 4 heterocycles. The summed E-state index contributed by atoms with van der Waals surface area (Å²) in [6, 6.07) is 17.8. The highest BCUT2D eigenvalue weighted by molar-refractivity contribution is 5.94. The van der Waals surface area contributed by atoms with Gasteiger partial charge in [-0.15, -0.1) is 0 Å². The maximum absolute atomic E-state index is 13.0. The number of carbonyl (C=O) groups is 1. The molecule has 2 unspecified atom stereocenters. The molecule has 6 rings (SSSR count). The summed E-state index contributed by atoms with van der Waals surface area (Å²) in [6.07, 6.45) is 5.04. The standard InChI is InChI=1S/C34H41N7O2/c1-24(2)20-32(42)41-19-18-40(21-26(41)13-15-35)33-29-14-17-39(31-12-6-9-25-8-4-5-11-28(25)31)22-30(29)36-34(37-33)43-23-27-10-7-16-38(27)3/h4-6,8-9,11-12,20,26-27H,7,10,13-14,16-19,21-23H2,1-3H3. The first kappa shape index (κ1) is 28.9. The number of ether oxygens (including phenoxy) is 1. The largest absolute Gasteiger partial charge is 0.462 e. The van der Waals surface area contributed by atoms with Crippen LogP contribution >= 0.6 is 0 Å². The number of rotatable bonds is 7. The SMILES string of the molecule is CC(C)=CC(=O)N1CCN(c2nc(OCC3CCCN3C)nc3c2CCN(c2cccc4ccccc24)C3)CC1CC#N. The van der Waals surface area contributed by atoms with Crippen LogP contribution in [0.1, 0.15) is 44.4 Å². The third-order valence-corrected chi connectivity index (χ3v) is 9.01. The highest BCUT2D eigenvalue weighted by Gasteiger charge is 2.34. The third kappa shape index (κ3) is 6.16. The molecule has 3 aromatic rings. The first-order valence-corrected chi connectivity index (χ1v) is 15.4. The third-order valence-electron chi connectivity index (χ3n) is 9.01. The van der Waals surface area contributed by atoms with Crippen LogP contribution in [0.15, 0.2) is 54.1 Å². The van der Waals surface area contributed by atoms with Gasteiger partial charge in [-0.05, 0) is 58.2 Å². The number of benzene rings is 2. The average Bonchev–Trinajstić information content (AvgIpc) is 3.43. The molecule has 43 heavy (non-hydrogen) atoms. The number of aromatic nitrogens is 2. The van der Waals surface area contributed by atoms with Crippen molar-refractivity contribution >= 4 is 28.2 Å². The van der Waals surface area contributed by atoms with Gasteiger partial charge in [-0.2, -0.15) is 15.2 Å². The summed E-state index contributed by atoms with van der Waals surface area (Å²) in [4.78, 5) is 31.8. The molecule has 3 aliphatic heterocycles. The van der Waals surface area contributed by atoms with Crippen molar-refractivity contribution < 1.29 is 9.53 Å². The molecule has 0 N–H and O–H groups in total. The van der Waals surface area contributed by atoms with Crippen molar-refractivity contribution in [1.82, 2.24) is 19.8 Å². The molecule has 2 saturated heterocycles. The Kier molecular flexibility index (Phi) is 8.48. The highest BCUT2D eigenvalue weighted by atomic mass is 16.5. The molecular formula is C34H41N7O2. The van der Waals surface area contributed by atoms with Gasteiger partial charge in [-0.3, -0.25) is 4.79 Å². The fourth-order valence-electron chi connectivity index (χ4n) is 6.71. The van der Waals surface area contributed by atoms with Gasteiger partial charge in [0, 0.05) is 54.9 Å². The number of allylic oxidation sites excluding steroid dienone is 1. The van der Waals surface area contributed by atoms with Crippen molar-refractivity contribution in [1.29, 1.82) is 5.26 Å². The lowest BCUT2D eigenvalue weighted by molar-refractivity contribution is -0.128. The van der Waals surface area contributed by atoms with Crippen molar-refractivity contribution in [3.05, 3.63) is 65.4 Å². The van der Waals surface area contributed by atoms with E-state index in [0.717, 1.165) is 48.6 Å². The molecule has 2 fully saturated rings. The Balaban J connectivity index is 1.32. The molecule has 0 saturated carbocycles. The van der Waals surface area contributed by atoms with E-state index in [1.54, 1.807) is 6.08 Å². The Labute approximate surface area is 254 Å². The molecule has 224 valence electrons. The molecule has 0 aliphatic carbocycles. The summed E-state index contributed by atoms with van der Waals surface area (Å²) in [6.45, 7) is 8.75. The van der Waals surface area contributed by atoms with Crippen LogP contribution < -0.4 is 14.5 Å². The van der Waals surface area contributed by atoms with Crippen LogP contribution in [-0.4, -0.2) is 84.1 Å². The summed E-state index contributed by atoms with van der Waals surface area (Å²) in [7, 11) is 2.15. The Morgan fingerprint density at radius 1 is 1.05 bits per heavy atom. The minimum atomic E-state index is -0.209. The molecular weight excluding hydrogens is 538 g/mol. The van der Waals surface area contributed by atoms with Gasteiger partial charge >= 0.3 is 6.01 Å². The number of fused-ring (bicyclic) bond motifs is 2. The molecule has 1 aromatic heterocycles. The minimum absolute atomic E-state index is 0.0277. The van der Waals surface area contributed by atoms with Gasteiger partial charge in [0.05, 0.1) is 30.8 Å². The monoisotopic (exact) mass is 579 g/mol. The molecule has 2 atom stereocenters. The van der Waals surface area contributed by atoms with Crippen LogP contribution in [-0.2, 0) is 17.8 Å². The average molecular weight is 580 g/mol. The van der Waals surface area contributed by atoms with Crippen molar-refractivity contribution in [3.8, 4) is 12.1 Å². The fraction of sp³-hybridized carbons (Fsp3) is 0.471. The molecule has 0 radical (unpaired) electrons. The summed E-state index contributed by atoms with van der Waals surface area (Å²) >= 11 is 0. The summed E-state index contributed by atoms with van der Waals surface area (Å²) < 4.78 is 6.31. The number of amides is 1. The Hall–Kier alpha value is -4.16. The predicted octanol–water partition coefficient (Wildman–Crippen LogP) is 4.56. The van der Waals surface area contributed by atoms with Crippen LogP contribution in [0.4, 0.5) is 11.5 Å². The zero-order chi connectivity index (χ0) is 29.9. The molecule has 0 bridgehead atoms. The van der Waals surface area contributed by atoms with Gasteiger partial charge in [-0.1, -0.05) is 42.0 Å². The number of carbonyl (C=O) groups excluding carboxylic acids is 1. The molecule has 1 amide bonds. The maximum atomic E-state index is 13.0. The number of nitriles is 1. The second-order valence-corrected chi connectivity index (χ2v) is 12.2. The van der Waals surface area contributed by atoms with E-state index in [1.807, 2.05) is 18.7 Å². The van der Waals surface area contributed by atoms with E-state index in [9.17, 15) is 10.1 Å². The van der Waals surface area contributed by atoms with Gasteiger partial charge < -0.3 is 24.3 Å². The highest BCUT2D eigenvalue weighted by Crippen LogP contribution is 2.35. The second-order valence-electron chi connectivity index (χ2n) is 12.2. The molecule has 3 aliphatic rings. The molecule has 9 heteroatoms. The van der Waals surface area contributed by atoms with E-state index in [1.165, 1.54) is 22.9 Å². The molecule has 9 nitrogen and oxygen atoms in total. The Morgan fingerprint density at radius 3 is 2.67 bits per heavy atom. The van der Waals surface area contributed by atoms with Crippen LogP contribution in [0.2, 0.25) is 0 Å². The van der Waals surface area contributed by atoms with Crippen LogP contribution in [0.3, 0.4) is 0 Å². The van der Waals surface area contributed by atoms with Gasteiger partial charge in [0.2, 0.25) is 5.91 Å². The number of hydrogen-bond acceptors (Lipinski definition) is 8.